The van der Waals surface area contributed by atoms with Crippen molar-refractivity contribution < 1.29 is 24.2 Å². The zero-order valence-electron chi connectivity index (χ0n) is 14.1. The zero-order valence-corrected chi connectivity index (χ0v) is 14.1. The van der Waals surface area contributed by atoms with Crippen LogP contribution in [0.15, 0.2) is 30.3 Å². The highest BCUT2D eigenvalue weighted by atomic mass is 16.6. The average molecular weight is 363 g/mol. The topological polar surface area (TPSA) is 134 Å². The molecule has 0 bridgehead atoms. The molecule has 1 aromatic carbocycles. The van der Waals surface area contributed by atoms with Crippen molar-refractivity contribution in [2.45, 2.75) is 19.0 Å². The average Bonchev–Trinajstić information content (AvgIpc) is 2.79. The second kappa shape index (κ2) is 7.28. The molecule has 2 fully saturated rings. The van der Waals surface area contributed by atoms with Crippen LogP contribution in [0.4, 0.5) is 10.5 Å². The smallest absolute Gasteiger partial charge is 0.323 e. The maximum atomic E-state index is 13.5. The van der Waals surface area contributed by atoms with E-state index in [1.807, 2.05) is 6.07 Å². The SMILES string of the molecule is O=C(Nc1ccccc1)NC1CCC(=O)N2CNCC(C(=O)O)C[N+]12[O-]. The van der Waals surface area contributed by atoms with Gasteiger partial charge in [0.25, 0.3) is 5.91 Å². The van der Waals surface area contributed by atoms with E-state index in [2.05, 4.69) is 16.0 Å². The van der Waals surface area contributed by atoms with Crippen LogP contribution in [-0.2, 0) is 9.59 Å². The molecule has 2 heterocycles. The number of para-hydroxylation sites is 1. The van der Waals surface area contributed by atoms with Crippen LogP contribution in [0, 0.1) is 11.1 Å². The van der Waals surface area contributed by atoms with Gasteiger partial charge in [0.05, 0.1) is 0 Å². The van der Waals surface area contributed by atoms with Gasteiger partial charge in [0.2, 0.25) is 0 Å². The van der Waals surface area contributed by atoms with Crippen LogP contribution < -0.4 is 16.0 Å². The number of aliphatic carboxylic acids is 1. The number of urea groups is 1. The summed E-state index contributed by atoms with van der Waals surface area (Å²) >= 11 is 0. The van der Waals surface area contributed by atoms with Gasteiger partial charge < -0.3 is 15.6 Å². The summed E-state index contributed by atoms with van der Waals surface area (Å²) in [5.74, 6) is -2.43. The van der Waals surface area contributed by atoms with Crippen LogP contribution in [0.5, 0.6) is 0 Å². The van der Waals surface area contributed by atoms with Gasteiger partial charge in [-0.1, -0.05) is 18.2 Å². The Hall–Kier alpha value is -2.69. The van der Waals surface area contributed by atoms with Crippen LogP contribution in [0.2, 0.25) is 0 Å². The molecule has 2 saturated heterocycles. The maximum absolute atomic E-state index is 13.5. The van der Waals surface area contributed by atoms with Crippen molar-refractivity contribution in [2.75, 3.05) is 25.1 Å². The van der Waals surface area contributed by atoms with E-state index in [0.29, 0.717) is 5.69 Å². The minimum absolute atomic E-state index is 0.0510. The lowest BCUT2D eigenvalue weighted by molar-refractivity contribution is -1.01. The summed E-state index contributed by atoms with van der Waals surface area (Å²) in [6.07, 6.45) is -0.691. The molecule has 2 aliphatic heterocycles. The van der Waals surface area contributed by atoms with E-state index < -0.39 is 28.8 Å². The largest absolute Gasteiger partial charge is 0.604 e. The van der Waals surface area contributed by atoms with E-state index in [4.69, 9.17) is 0 Å². The van der Waals surface area contributed by atoms with E-state index in [1.54, 1.807) is 24.3 Å². The van der Waals surface area contributed by atoms with Gasteiger partial charge in [-0.25, -0.2) is 9.55 Å². The summed E-state index contributed by atoms with van der Waals surface area (Å²) in [4.78, 5) is 35.8. The summed E-state index contributed by atoms with van der Waals surface area (Å²) in [5.41, 5.74) is 0.562. The number of rotatable bonds is 3. The van der Waals surface area contributed by atoms with Gasteiger partial charge in [0.15, 0.2) is 6.17 Å². The highest BCUT2D eigenvalue weighted by molar-refractivity contribution is 5.89. The van der Waals surface area contributed by atoms with Crippen molar-refractivity contribution in [1.82, 2.24) is 15.6 Å². The number of quaternary nitrogens is 1. The predicted molar refractivity (Wildman–Crippen MR) is 91.0 cm³/mol. The fourth-order valence-electron chi connectivity index (χ4n) is 3.29. The van der Waals surface area contributed by atoms with E-state index in [0.717, 1.165) is 5.01 Å². The number of hydrogen-bond donors (Lipinski definition) is 4. The Morgan fingerprint density at radius 1 is 1.31 bits per heavy atom. The minimum atomic E-state index is -1.20. The van der Waals surface area contributed by atoms with Crippen molar-refractivity contribution in [3.8, 4) is 0 Å². The molecular formula is C16H21N5O5. The van der Waals surface area contributed by atoms with Gasteiger partial charge in [-0.3, -0.25) is 20.2 Å². The maximum Gasteiger partial charge on any atom is 0.323 e. The van der Waals surface area contributed by atoms with Gasteiger partial charge in [-0.05, 0) is 12.1 Å². The zero-order chi connectivity index (χ0) is 18.7. The van der Waals surface area contributed by atoms with E-state index >= 15 is 0 Å². The van der Waals surface area contributed by atoms with Gasteiger partial charge in [-0.15, -0.1) is 0 Å². The van der Waals surface area contributed by atoms with Crippen LogP contribution in [0.25, 0.3) is 0 Å². The quantitative estimate of drug-likeness (QED) is 0.449. The Kier molecular flexibility index (Phi) is 5.07. The number of benzene rings is 1. The molecule has 3 unspecified atom stereocenters. The number of hydroxylamine groups is 2. The van der Waals surface area contributed by atoms with Crippen LogP contribution in [-0.4, -0.2) is 58.7 Å². The number of nitrogens with one attached hydrogen (secondary N) is 3. The second-order valence-corrected chi connectivity index (χ2v) is 6.40. The van der Waals surface area contributed by atoms with E-state index in [-0.39, 0.29) is 38.5 Å². The molecule has 0 aromatic heterocycles. The number of hydrogen-bond acceptors (Lipinski definition) is 5. The molecule has 0 aliphatic carbocycles. The number of carbonyl (C=O) groups excluding carboxylic acids is 2. The minimum Gasteiger partial charge on any atom is -0.604 e. The van der Waals surface area contributed by atoms with Crippen molar-refractivity contribution in [3.05, 3.63) is 35.5 Å². The lowest BCUT2D eigenvalue weighted by atomic mass is 10.1. The second-order valence-electron chi connectivity index (χ2n) is 6.40. The molecule has 3 atom stereocenters. The Morgan fingerprint density at radius 3 is 2.73 bits per heavy atom. The first-order valence-corrected chi connectivity index (χ1v) is 8.36. The van der Waals surface area contributed by atoms with Gasteiger partial charge in [-0.2, -0.15) is 5.01 Å². The number of carboxylic acids is 1. The first kappa shape index (κ1) is 18.1. The normalized spacial score (nSPS) is 28.7. The molecule has 0 spiro atoms. The first-order chi connectivity index (χ1) is 12.4. The Balaban J connectivity index is 1.77. The molecule has 10 nitrogen and oxygen atoms in total. The number of fused-ring (bicyclic) bond motifs is 1. The molecule has 0 saturated carbocycles. The van der Waals surface area contributed by atoms with Gasteiger partial charge >= 0.3 is 12.0 Å². The Morgan fingerprint density at radius 2 is 2.04 bits per heavy atom. The first-order valence-electron chi connectivity index (χ1n) is 8.36. The highest BCUT2D eigenvalue weighted by Gasteiger charge is 2.48. The van der Waals surface area contributed by atoms with Crippen LogP contribution in [0.3, 0.4) is 0 Å². The fraction of sp³-hybridized carbons (Fsp3) is 0.438. The molecular weight excluding hydrogens is 342 g/mol. The van der Waals surface area contributed by atoms with Crippen LogP contribution in [0.1, 0.15) is 12.8 Å². The van der Waals surface area contributed by atoms with Gasteiger partial charge in [0.1, 0.15) is 19.1 Å². The fourth-order valence-corrected chi connectivity index (χ4v) is 3.29. The summed E-state index contributed by atoms with van der Waals surface area (Å²) in [6.45, 7) is -0.292. The van der Waals surface area contributed by atoms with Crippen molar-refractivity contribution >= 4 is 23.6 Å². The van der Waals surface area contributed by atoms with Crippen molar-refractivity contribution in [2.24, 2.45) is 5.92 Å². The van der Waals surface area contributed by atoms with Crippen molar-refractivity contribution in [3.63, 3.8) is 0 Å². The standard InChI is InChI=1S/C16H21N5O5/c22-14-7-6-13(19-16(25)18-12-4-2-1-3-5-12)21(26)9-11(15(23)24)8-17-10-20(14)21/h1-5,11,13,17H,6-10H2,(H,23,24)(H2,18,19,25). The molecule has 140 valence electrons. The Labute approximate surface area is 149 Å². The molecule has 10 heteroatoms. The molecule has 1 aromatic rings. The molecule has 3 amide bonds. The lowest BCUT2D eigenvalue weighted by Crippen LogP contribution is -2.72. The van der Waals surface area contributed by atoms with Crippen LogP contribution >= 0.6 is 0 Å². The number of nitrogens with zero attached hydrogens (tertiary/aromatic N) is 2. The third kappa shape index (κ3) is 3.62. The molecule has 3 rings (SSSR count). The highest BCUT2D eigenvalue weighted by Crippen LogP contribution is 2.29. The van der Waals surface area contributed by atoms with E-state index in [1.165, 1.54) is 0 Å². The monoisotopic (exact) mass is 363 g/mol. The third-order valence-electron chi connectivity index (χ3n) is 4.63. The van der Waals surface area contributed by atoms with Gasteiger partial charge in [0, 0.05) is 25.1 Å². The number of carboxylic acid groups (broad SMARTS) is 1. The number of carbonyl (C=O) groups is 3. The summed E-state index contributed by atoms with van der Waals surface area (Å²) in [7, 11) is 0. The predicted octanol–water partition coefficient (Wildman–Crippen LogP) is 0.248. The number of anilines is 1. The Bertz CT molecular complexity index is 700. The molecule has 2 aliphatic rings. The molecule has 0 radical (unpaired) electrons. The summed E-state index contributed by atoms with van der Waals surface area (Å²) in [5, 5.41) is 31.9. The molecule has 4 N–H and O–H groups in total. The summed E-state index contributed by atoms with van der Waals surface area (Å²) < 4.78 is -1.20. The molecule has 26 heavy (non-hydrogen) atoms. The summed E-state index contributed by atoms with van der Waals surface area (Å²) in [6, 6.07) is 8.16. The lowest BCUT2D eigenvalue weighted by Gasteiger charge is -2.54. The third-order valence-corrected chi connectivity index (χ3v) is 4.63. The van der Waals surface area contributed by atoms with Crippen molar-refractivity contribution in [1.29, 1.82) is 0 Å². The van der Waals surface area contributed by atoms with E-state index in [9.17, 15) is 24.7 Å². The number of amides is 3.